The van der Waals surface area contributed by atoms with Gasteiger partial charge in [0.1, 0.15) is 11.6 Å². The Hall–Kier alpha value is -1.69. The Morgan fingerprint density at radius 1 is 1.30 bits per heavy atom. The first-order chi connectivity index (χ1) is 9.17. The number of hydrogen-bond donors (Lipinski definition) is 3. The third kappa shape index (κ3) is 5.97. The van der Waals surface area contributed by atoms with Gasteiger partial charge in [0.2, 0.25) is 0 Å². The van der Waals surface area contributed by atoms with Gasteiger partial charge in [-0.05, 0) is 38.5 Å². The van der Waals surface area contributed by atoms with Crippen LogP contribution in [0.1, 0.15) is 26.3 Å². The van der Waals surface area contributed by atoms with Crippen LogP contribution in [0, 0.1) is 0 Å². The van der Waals surface area contributed by atoms with Crippen molar-refractivity contribution < 1.29 is 19.4 Å². The molecular formula is C14H19NO4S. The first kappa shape index (κ1) is 16.4. The summed E-state index contributed by atoms with van der Waals surface area (Å²) in [5.74, 6) is -1.11. The number of ether oxygens (including phenoxy) is 1. The maximum Gasteiger partial charge on any atom is 0.408 e. The molecule has 0 saturated heterocycles. The second kappa shape index (κ2) is 6.65. The molecule has 1 aromatic rings. The number of thiol groups is 1. The molecule has 0 aromatic heterocycles. The van der Waals surface area contributed by atoms with E-state index in [9.17, 15) is 9.59 Å². The van der Waals surface area contributed by atoms with Crippen LogP contribution in [0.5, 0.6) is 0 Å². The van der Waals surface area contributed by atoms with Gasteiger partial charge in [-0.25, -0.2) is 9.59 Å². The molecule has 0 aliphatic heterocycles. The standard InChI is InChI=1S/C14H19NO4S/c1-14(2,3)19-13(18)15-11(12(16)17)8-9-4-6-10(20)7-5-9/h4-7,11,20H,8H2,1-3H3,(H,15,18)(H,16,17). The molecule has 0 bridgehead atoms. The molecule has 1 amide bonds. The van der Waals surface area contributed by atoms with Crippen LogP contribution in [-0.4, -0.2) is 28.8 Å². The molecular weight excluding hydrogens is 278 g/mol. The number of aliphatic carboxylic acids is 1. The van der Waals surface area contributed by atoms with E-state index >= 15 is 0 Å². The molecule has 5 nitrogen and oxygen atoms in total. The van der Waals surface area contributed by atoms with Gasteiger partial charge in [0.05, 0.1) is 0 Å². The van der Waals surface area contributed by atoms with E-state index in [0.29, 0.717) is 0 Å². The summed E-state index contributed by atoms with van der Waals surface area (Å²) >= 11 is 4.16. The Morgan fingerprint density at radius 3 is 2.30 bits per heavy atom. The van der Waals surface area contributed by atoms with Crippen molar-refractivity contribution in [1.82, 2.24) is 5.32 Å². The quantitative estimate of drug-likeness (QED) is 0.746. The zero-order valence-corrected chi connectivity index (χ0v) is 12.6. The van der Waals surface area contributed by atoms with Crippen molar-refractivity contribution in [2.24, 2.45) is 0 Å². The van der Waals surface area contributed by atoms with E-state index in [1.165, 1.54) is 0 Å². The zero-order valence-electron chi connectivity index (χ0n) is 11.7. The lowest BCUT2D eigenvalue weighted by molar-refractivity contribution is -0.139. The number of carboxylic acid groups (broad SMARTS) is 1. The fourth-order valence-corrected chi connectivity index (χ4v) is 1.67. The van der Waals surface area contributed by atoms with Crippen molar-refractivity contribution in [2.75, 3.05) is 0 Å². The van der Waals surface area contributed by atoms with Gasteiger partial charge in [-0.1, -0.05) is 12.1 Å². The topological polar surface area (TPSA) is 75.6 Å². The lowest BCUT2D eigenvalue weighted by Gasteiger charge is -2.22. The molecule has 0 aliphatic rings. The minimum Gasteiger partial charge on any atom is -0.480 e. The fourth-order valence-electron chi connectivity index (χ4n) is 1.52. The van der Waals surface area contributed by atoms with Gasteiger partial charge in [-0.2, -0.15) is 0 Å². The van der Waals surface area contributed by atoms with Gasteiger partial charge in [0.25, 0.3) is 0 Å². The molecule has 1 rings (SSSR count). The van der Waals surface area contributed by atoms with Crippen LogP contribution in [0.25, 0.3) is 0 Å². The summed E-state index contributed by atoms with van der Waals surface area (Å²) in [4.78, 5) is 23.6. The van der Waals surface area contributed by atoms with Crippen molar-refractivity contribution in [1.29, 1.82) is 0 Å². The molecule has 110 valence electrons. The van der Waals surface area contributed by atoms with Crippen molar-refractivity contribution in [3.8, 4) is 0 Å². The van der Waals surface area contributed by atoms with Crippen LogP contribution in [0.2, 0.25) is 0 Å². The van der Waals surface area contributed by atoms with Crippen LogP contribution >= 0.6 is 12.6 Å². The summed E-state index contributed by atoms with van der Waals surface area (Å²) in [5.41, 5.74) is 0.132. The Labute approximate surface area is 123 Å². The number of carboxylic acids is 1. The Balaban J connectivity index is 2.68. The summed E-state index contributed by atoms with van der Waals surface area (Å²) in [5, 5.41) is 11.5. The summed E-state index contributed by atoms with van der Waals surface area (Å²) in [6.07, 6.45) is -0.557. The van der Waals surface area contributed by atoms with Gasteiger partial charge in [0.15, 0.2) is 0 Å². The Morgan fingerprint density at radius 2 is 1.85 bits per heavy atom. The molecule has 0 aliphatic carbocycles. The van der Waals surface area contributed by atoms with E-state index < -0.39 is 23.7 Å². The van der Waals surface area contributed by atoms with Crippen molar-refractivity contribution in [3.63, 3.8) is 0 Å². The summed E-state index contributed by atoms with van der Waals surface area (Å²) in [6, 6.07) is 6.05. The molecule has 1 unspecified atom stereocenters. The minimum atomic E-state index is -1.11. The SMILES string of the molecule is CC(C)(C)OC(=O)NC(Cc1ccc(S)cc1)C(=O)O. The van der Waals surface area contributed by atoms with E-state index in [4.69, 9.17) is 9.84 Å². The highest BCUT2D eigenvalue weighted by atomic mass is 32.1. The van der Waals surface area contributed by atoms with E-state index in [-0.39, 0.29) is 6.42 Å². The molecule has 0 radical (unpaired) electrons. The van der Waals surface area contributed by atoms with Gasteiger partial charge >= 0.3 is 12.1 Å². The lowest BCUT2D eigenvalue weighted by atomic mass is 10.1. The molecule has 6 heteroatoms. The molecule has 2 N–H and O–H groups in total. The third-order valence-corrected chi connectivity index (χ3v) is 2.66. The number of benzene rings is 1. The zero-order chi connectivity index (χ0) is 15.3. The van der Waals surface area contributed by atoms with E-state index in [1.807, 2.05) is 0 Å². The molecule has 0 heterocycles. The van der Waals surface area contributed by atoms with Gasteiger partial charge < -0.3 is 15.2 Å². The molecule has 0 fully saturated rings. The predicted molar refractivity (Wildman–Crippen MR) is 78.2 cm³/mol. The summed E-state index contributed by atoms with van der Waals surface area (Å²) < 4.78 is 5.05. The van der Waals surface area contributed by atoms with Crippen molar-refractivity contribution in [2.45, 2.75) is 43.7 Å². The van der Waals surface area contributed by atoms with E-state index in [1.54, 1.807) is 45.0 Å². The molecule has 0 spiro atoms. The number of carbonyl (C=O) groups excluding carboxylic acids is 1. The Bertz CT molecular complexity index is 479. The second-order valence-corrected chi connectivity index (χ2v) is 5.92. The maximum absolute atomic E-state index is 11.6. The smallest absolute Gasteiger partial charge is 0.408 e. The predicted octanol–water partition coefficient (Wildman–Crippen LogP) is 2.50. The Kier molecular flexibility index (Phi) is 5.44. The van der Waals surface area contributed by atoms with Gasteiger partial charge in [-0.15, -0.1) is 12.6 Å². The van der Waals surface area contributed by atoms with Gasteiger partial charge in [0, 0.05) is 11.3 Å². The monoisotopic (exact) mass is 297 g/mol. The number of rotatable bonds is 4. The number of nitrogens with one attached hydrogen (secondary N) is 1. The normalized spacial score (nSPS) is 12.6. The van der Waals surface area contributed by atoms with Crippen LogP contribution < -0.4 is 5.32 Å². The van der Waals surface area contributed by atoms with Crippen LogP contribution in [0.4, 0.5) is 4.79 Å². The largest absolute Gasteiger partial charge is 0.480 e. The van der Waals surface area contributed by atoms with Crippen molar-refractivity contribution in [3.05, 3.63) is 29.8 Å². The summed E-state index contributed by atoms with van der Waals surface area (Å²) in [6.45, 7) is 5.15. The molecule has 1 atom stereocenters. The molecule has 0 saturated carbocycles. The second-order valence-electron chi connectivity index (χ2n) is 5.41. The molecule has 20 heavy (non-hydrogen) atoms. The number of alkyl carbamates (subject to hydrolysis) is 1. The first-order valence-electron chi connectivity index (χ1n) is 6.17. The highest BCUT2D eigenvalue weighted by molar-refractivity contribution is 7.80. The van der Waals surface area contributed by atoms with Crippen LogP contribution in [-0.2, 0) is 16.0 Å². The highest BCUT2D eigenvalue weighted by Gasteiger charge is 2.24. The number of carbonyl (C=O) groups is 2. The fraction of sp³-hybridized carbons (Fsp3) is 0.429. The average Bonchev–Trinajstić information content (AvgIpc) is 2.28. The van der Waals surface area contributed by atoms with Crippen molar-refractivity contribution >= 4 is 24.7 Å². The number of amides is 1. The van der Waals surface area contributed by atoms with Crippen LogP contribution in [0.3, 0.4) is 0 Å². The molecule has 1 aromatic carbocycles. The number of hydrogen-bond acceptors (Lipinski definition) is 4. The average molecular weight is 297 g/mol. The highest BCUT2D eigenvalue weighted by Crippen LogP contribution is 2.11. The first-order valence-corrected chi connectivity index (χ1v) is 6.62. The van der Waals surface area contributed by atoms with Gasteiger partial charge in [-0.3, -0.25) is 0 Å². The third-order valence-electron chi connectivity index (χ3n) is 2.37. The minimum absolute atomic E-state index is 0.183. The summed E-state index contributed by atoms with van der Waals surface area (Å²) in [7, 11) is 0. The van der Waals surface area contributed by atoms with E-state index in [2.05, 4.69) is 17.9 Å². The van der Waals surface area contributed by atoms with E-state index in [0.717, 1.165) is 10.5 Å². The maximum atomic E-state index is 11.6. The lowest BCUT2D eigenvalue weighted by Crippen LogP contribution is -2.44. The van der Waals surface area contributed by atoms with Crippen LogP contribution in [0.15, 0.2) is 29.2 Å².